The van der Waals surface area contributed by atoms with Gasteiger partial charge >= 0.3 is 0 Å². The van der Waals surface area contributed by atoms with Crippen molar-refractivity contribution in [3.63, 3.8) is 0 Å². The third-order valence-electron chi connectivity index (χ3n) is 6.25. The Morgan fingerprint density at radius 1 is 1.31 bits per heavy atom. The van der Waals surface area contributed by atoms with E-state index >= 15 is 0 Å². The number of rotatable bonds is 6. The zero-order valence-electron chi connectivity index (χ0n) is 18.9. The lowest BCUT2D eigenvalue weighted by Gasteiger charge is -2.47. The molecule has 184 valence electrons. The van der Waals surface area contributed by atoms with E-state index in [2.05, 4.69) is 30.9 Å². The average Bonchev–Trinajstić information content (AvgIpc) is 2.83. The highest BCUT2D eigenvalue weighted by molar-refractivity contribution is 9.10. The number of amides is 1. The van der Waals surface area contributed by atoms with Gasteiger partial charge in [0.05, 0.1) is 12.6 Å². The van der Waals surface area contributed by atoms with Gasteiger partial charge in [-0.2, -0.15) is 0 Å². The van der Waals surface area contributed by atoms with Crippen LogP contribution in [0.2, 0.25) is 0 Å². The van der Waals surface area contributed by atoms with Gasteiger partial charge in [-0.05, 0) is 33.9 Å². The zero-order valence-corrected chi connectivity index (χ0v) is 21.3. The largest absolute Gasteiger partial charge is 0.377 e. The first-order chi connectivity index (χ1) is 17.1. The van der Waals surface area contributed by atoms with Gasteiger partial charge < -0.3 is 23.8 Å². The Labute approximate surface area is 215 Å². The smallest absolute Gasteiger partial charge is 0.273 e. The van der Waals surface area contributed by atoms with Gasteiger partial charge in [0.25, 0.3) is 5.91 Å². The third-order valence-corrected chi connectivity index (χ3v) is 7.86. The van der Waals surface area contributed by atoms with Crippen molar-refractivity contribution in [3.8, 4) is 0 Å². The van der Waals surface area contributed by atoms with Gasteiger partial charge in [0.1, 0.15) is 29.4 Å². The van der Waals surface area contributed by atoms with Crippen molar-refractivity contribution in [2.75, 3.05) is 26.8 Å². The number of pyridine rings is 1. The second kappa shape index (κ2) is 10.8. The number of nitrogens with zero attached hydrogens (tertiary/aromatic N) is 5. The number of thioether (sulfide) groups is 1. The quantitative estimate of drug-likeness (QED) is 0.292. The normalized spacial score (nSPS) is 30.1. The molecule has 0 aliphatic carbocycles. The lowest BCUT2D eigenvalue weighted by molar-refractivity contribution is -0.298. The molecule has 1 aromatic carbocycles. The first kappa shape index (κ1) is 24.5. The molecule has 3 aliphatic rings. The molecule has 12 heteroatoms. The summed E-state index contributed by atoms with van der Waals surface area (Å²) in [6.45, 7) is 1.70. The Balaban J connectivity index is 1.41. The summed E-state index contributed by atoms with van der Waals surface area (Å²) in [5, 5.41) is 4.05. The number of ether oxygens (including phenoxy) is 4. The second-order valence-corrected chi connectivity index (χ2v) is 10.4. The molecule has 1 aromatic heterocycles. The number of benzene rings is 1. The Kier molecular flexibility index (Phi) is 7.59. The van der Waals surface area contributed by atoms with Gasteiger partial charge in [0.15, 0.2) is 6.29 Å². The van der Waals surface area contributed by atoms with Crippen LogP contribution in [0.4, 0.5) is 0 Å². The number of halogens is 1. The summed E-state index contributed by atoms with van der Waals surface area (Å²) in [5.74, 6) is -0.115. The Morgan fingerprint density at radius 3 is 2.80 bits per heavy atom. The number of azide groups is 1. The standard InChI is InChI=1S/C23H24BrN5O5S/c1-31-20-18(27-28-25)19-15(12-32-22(34-19)13-6-3-2-4-7-13)33-23(20)35-16-10-14(24)11-26-17(16)21(30)29-8-5-9-29/h2-4,6-7,10-11,15,18-20,22-23H,5,8-9,12H2,1H3/t15?,18-,19-,20?,22?,23+/m0/s1. The Morgan fingerprint density at radius 2 is 2.11 bits per heavy atom. The second-order valence-electron chi connectivity index (χ2n) is 8.38. The van der Waals surface area contributed by atoms with E-state index in [1.165, 1.54) is 11.8 Å². The lowest BCUT2D eigenvalue weighted by Crippen LogP contribution is -2.60. The predicted molar refractivity (Wildman–Crippen MR) is 131 cm³/mol. The summed E-state index contributed by atoms with van der Waals surface area (Å²) in [7, 11) is 1.54. The monoisotopic (exact) mass is 561 g/mol. The van der Waals surface area contributed by atoms with E-state index in [9.17, 15) is 10.3 Å². The molecule has 3 unspecified atom stereocenters. The van der Waals surface area contributed by atoms with E-state index < -0.39 is 36.1 Å². The third kappa shape index (κ3) is 5.05. The molecule has 0 radical (unpaired) electrons. The van der Waals surface area contributed by atoms with Crippen LogP contribution >= 0.6 is 27.7 Å². The van der Waals surface area contributed by atoms with Crippen LogP contribution in [0.1, 0.15) is 28.8 Å². The minimum Gasteiger partial charge on any atom is -0.377 e. The van der Waals surface area contributed by atoms with Gasteiger partial charge in [-0.15, -0.1) is 0 Å². The Hall–Kier alpha value is -2.18. The van der Waals surface area contributed by atoms with Crippen molar-refractivity contribution in [2.45, 2.75) is 47.4 Å². The van der Waals surface area contributed by atoms with E-state index in [0.29, 0.717) is 10.6 Å². The number of methoxy groups -OCH3 is 1. The number of aromatic nitrogens is 1. The van der Waals surface area contributed by atoms with E-state index in [0.717, 1.165) is 29.5 Å². The summed E-state index contributed by atoms with van der Waals surface area (Å²) in [6, 6.07) is 10.8. The fraction of sp³-hybridized carbons (Fsp3) is 0.478. The maximum atomic E-state index is 13.0. The maximum absolute atomic E-state index is 13.0. The van der Waals surface area contributed by atoms with E-state index in [-0.39, 0.29) is 12.5 Å². The van der Waals surface area contributed by atoms with Gasteiger partial charge in [-0.25, -0.2) is 4.98 Å². The predicted octanol–water partition coefficient (Wildman–Crippen LogP) is 4.32. The summed E-state index contributed by atoms with van der Waals surface area (Å²) >= 11 is 4.77. The Bertz CT molecular complexity index is 1120. The number of carbonyl (C=O) groups is 1. The molecule has 1 amide bonds. The molecule has 3 aliphatic heterocycles. The van der Waals surface area contributed by atoms with Crippen LogP contribution in [0.3, 0.4) is 0 Å². The topological polar surface area (TPSA) is 119 Å². The summed E-state index contributed by atoms with van der Waals surface area (Å²) < 4.78 is 25.1. The highest BCUT2D eigenvalue weighted by Crippen LogP contribution is 2.42. The fourth-order valence-electron chi connectivity index (χ4n) is 4.35. The van der Waals surface area contributed by atoms with Crippen LogP contribution in [0.5, 0.6) is 0 Å². The number of carbonyl (C=O) groups excluding carboxylic acids is 1. The lowest BCUT2D eigenvalue weighted by atomic mass is 9.96. The van der Waals surface area contributed by atoms with Crippen LogP contribution in [0, 0.1) is 0 Å². The van der Waals surface area contributed by atoms with Crippen molar-refractivity contribution in [2.24, 2.45) is 5.11 Å². The fourth-order valence-corrected chi connectivity index (χ4v) is 6.13. The molecular weight excluding hydrogens is 538 g/mol. The minimum atomic E-state index is -0.661. The van der Waals surface area contributed by atoms with Gasteiger partial charge in [0.2, 0.25) is 0 Å². The van der Waals surface area contributed by atoms with Crippen LogP contribution < -0.4 is 0 Å². The molecule has 3 fully saturated rings. The number of hydrogen-bond donors (Lipinski definition) is 0. The van der Waals surface area contributed by atoms with Gasteiger partial charge in [-0.1, -0.05) is 47.2 Å². The number of fused-ring (bicyclic) bond motifs is 1. The van der Waals surface area contributed by atoms with Crippen molar-refractivity contribution < 1.29 is 23.7 Å². The molecule has 0 N–H and O–H groups in total. The molecule has 0 bridgehead atoms. The first-order valence-electron chi connectivity index (χ1n) is 11.2. The van der Waals surface area contributed by atoms with Gasteiger partial charge in [-0.3, -0.25) is 4.79 Å². The molecule has 3 saturated heterocycles. The van der Waals surface area contributed by atoms with Crippen molar-refractivity contribution in [3.05, 3.63) is 68.8 Å². The molecule has 35 heavy (non-hydrogen) atoms. The molecule has 10 nitrogen and oxygen atoms in total. The highest BCUT2D eigenvalue weighted by Gasteiger charge is 2.50. The maximum Gasteiger partial charge on any atom is 0.273 e. The van der Waals surface area contributed by atoms with Crippen molar-refractivity contribution in [1.82, 2.24) is 9.88 Å². The summed E-state index contributed by atoms with van der Waals surface area (Å²) in [4.78, 5) is 22.9. The van der Waals surface area contributed by atoms with Crippen LogP contribution in [-0.4, -0.2) is 72.4 Å². The molecule has 0 saturated carbocycles. The van der Waals surface area contributed by atoms with Gasteiger partial charge in [0, 0.05) is 46.2 Å². The van der Waals surface area contributed by atoms with E-state index in [1.807, 2.05) is 36.4 Å². The molecule has 4 heterocycles. The molecule has 2 aromatic rings. The van der Waals surface area contributed by atoms with Crippen molar-refractivity contribution in [1.29, 1.82) is 0 Å². The molecule has 0 spiro atoms. The van der Waals surface area contributed by atoms with E-state index in [4.69, 9.17) is 18.9 Å². The number of likely N-dealkylation sites (tertiary alicyclic amines) is 1. The highest BCUT2D eigenvalue weighted by atomic mass is 79.9. The minimum absolute atomic E-state index is 0.115. The summed E-state index contributed by atoms with van der Waals surface area (Å²) in [6.07, 6.45) is 0.325. The molecular formula is C23H24BrN5O5S. The number of hydrogen-bond acceptors (Lipinski definition) is 8. The zero-order chi connectivity index (χ0) is 24.4. The molecule has 6 atom stereocenters. The van der Waals surface area contributed by atoms with E-state index in [1.54, 1.807) is 18.2 Å². The SMILES string of the molecule is COC1[C@@H](Sc2cc(Br)cnc2C(=O)N2CCC2)OC2COC(c3ccccc3)O[C@@H]2[C@@H]1N=[N+]=[N-]. The average molecular weight is 562 g/mol. The van der Waals surface area contributed by atoms with Crippen molar-refractivity contribution >= 4 is 33.6 Å². The van der Waals surface area contributed by atoms with Crippen LogP contribution in [0.15, 0.2) is 57.1 Å². The molecule has 5 rings (SSSR count). The first-order valence-corrected chi connectivity index (χ1v) is 12.9. The van der Waals surface area contributed by atoms with Crippen LogP contribution in [-0.2, 0) is 18.9 Å². The van der Waals surface area contributed by atoms with Crippen LogP contribution in [0.25, 0.3) is 10.4 Å². The summed E-state index contributed by atoms with van der Waals surface area (Å²) in [5.41, 5.74) is 9.97.